The lowest BCUT2D eigenvalue weighted by Crippen LogP contribution is -2.42. The average molecular weight is 449 g/mol. The molecule has 4 amide bonds. The second kappa shape index (κ2) is 7.37. The largest absolute Gasteiger partial charge is 0.458 e. The van der Waals surface area contributed by atoms with Gasteiger partial charge in [-0.1, -0.05) is 18.2 Å². The molecule has 2 aliphatic heterocycles. The summed E-state index contributed by atoms with van der Waals surface area (Å²) in [6, 6.07) is 11.1. The minimum atomic E-state index is -1.46. The van der Waals surface area contributed by atoms with E-state index in [0.29, 0.717) is 17.1 Å². The van der Waals surface area contributed by atoms with Crippen LogP contribution in [0.3, 0.4) is 0 Å². The lowest BCUT2D eigenvalue weighted by molar-refractivity contribution is -0.134. The number of rotatable bonds is 5. The van der Waals surface area contributed by atoms with Crippen molar-refractivity contribution in [2.24, 2.45) is 0 Å². The Morgan fingerprint density at radius 2 is 1.85 bits per heavy atom. The van der Waals surface area contributed by atoms with E-state index in [4.69, 9.17) is 13.9 Å². The molecule has 168 valence electrons. The molecule has 1 fully saturated rings. The summed E-state index contributed by atoms with van der Waals surface area (Å²) in [5, 5.41) is 5.98. The number of ketones is 1. The van der Waals surface area contributed by atoms with Gasteiger partial charge in [0.15, 0.2) is 22.8 Å². The number of fused-ring (bicyclic) bond motifs is 2. The third kappa shape index (κ3) is 3.36. The number of Topliss-reactive ketones (excluding diaryl/α,β-unsaturated/α-hetero) is 1. The van der Waals surface area contributed by atoms with Crippen molar-refractivity contribution >= 4 is 40.3 Å². The topological polar surface area (TPSA) is 127 Å². The fraction of sp³-hybridized carbons (Fsp3) is 0.217. The molecular formula is C23H19N3O7. The molecule has 5 rings (SSSR count). The predicted molar refractivity (Wildman–Crippen MR) is 115 cm³/mol. The molecule has 10 heteroatoms. The highest BCUT2D eigenvalue weighted by atomic mass is 16.7. The number of nitrogens with one attached hydrogen (secondary N) is 2. The van der Waals surface area contributed by atoms with E-state index >= 15 is 0 Å². The number of urea groups is 1. The summed E-state index contributed by atoms with van der Waals surface area (Å²) in [5.74, 6) is -0.541. The molecule has 2 aliphatic rings. The van der Waals surface area contributed by atoms with E-state index in [2.05, 4.69) is 10.6 Å². The molecule has 0 radical (unpaired) electrons. The number of carbonyl (C=O) groups excluding carboxylic acids is 4. The number of hydrogen-bond acceptors (Lipinski definition) is 7. The average Bonchev–Trinajstić information content (AvgIpc) is 3.46. The van der Waals surface area contributed by atoms with E-state index < -0.39 is 29.9 Å². The molecular weight excluding hydrogens is 430 g/mol. The molecule has 3 aromatic rings. The van der Waals surface area contributed by atoms with Crippen LogP contribution in [0.2, 0.25) is 0 Å². The van der Waals surface area contributed by atoms with E-state index in [1.54, 1.807) is 18.2 Å². The Labute approximate surface area is 187 Å². The third-order valence-electron chi connectivity index (χ3n) is 5.66. The van der Waals surface area contributed by atoms with Crippen LogP contribution in [0.15, 0.2) is 46.9 Å². The summed E-state index contributed by atoms with van der Waals surface area (Å²) in [5.41, 5.74) is -0.466. The molecule has 0 bridgehead atoms. The fourth-order valence-electron chi connectivity index (χ4n) is 3.91. The first-order chi connectivity index (χ1) is 15.8. The molecule has 0 spiro atoms. The zero-order valence-corrected chi connectivity index (χ0v) is 17.8. The first-order valence-electron chi connectivity index (χ1n) is 10.1. The van der Waals surface area contributed by atoms with E-state index in [-0.39, 0.29) is 29.6 Å². The van der Waals surface area contributed by atoms with Gasteiger partial charge in [-0.2, -0.15) is 0 Å². The summed E-state index contributed by atoms with van der Waals surface area (Å²) in [6.45, 7) is 2.33. The van der Waals surface area contributed by atoms with E-state index in [1.165, 1.54) is 26.0 Å². The minimum Gasteiger partial charge on any atom is -0.458 e. The normalized spacial score (nSPS) is 19.2. The predicted octanol–water partition coefficient (Wildman–Crippen LogP) is 2.77. The van der Waals surface area contributed by atoms with Crippen LogP contribution in [-0.2, 0) is 15.1 Å². The highest BCUT2D eigenvalue weighted by molar-refractivity contribution is 6.11. The fourth-order valence-corrected chi connectivity index (χ4v) is 3.91. The van der Waals surface area contributed by atoms with Gasteiger partial charge in [0.2, 0.25) is 12.7 Å². The van der Waals surface area contributed by atoms with Gasteiger partial charge in [0.25, 0.3) is 5.91 Å². The van der Waals surface area contributed by atoms with Crippen molar-refractivity contribution in [3.05, 3.63) is 53.8 Å². The van der Waals surface area contributed by atoms with Crippen molar-refractivity contribution in [2.45, 2.75) is 19.4 Å². The molecule has 1 saturated heterocycles. The quantitative estimate of drug-likeness (QED) is 0.453. The van der Waals surface area contributed by atoms with Gasteiger partial charge in [0.1, 0.15) is 17.9 Å². The van der Waals surface area contributed by atoms with E-state index in [1.807, 2.05) is 12.1 Å². The van der Waals surface area contributed by atoms with Crippen LogP contribution in [0.25, 0.3) is 11.0 Å². The standard InChI is InChI=1S/C23H19N3O7/c1-12(27)14-8-17-18(32-11-31-17)9-15(14)24-20(28)10-26-21(29)23(2,25-22(26)30)19-7-13-5-3-4-6-16(13)33-19/h3-9H,10-11H2,1-2H3,(H,24,28)(H,25,30)/t23-/m1/s1. The zero-order valence-electron chi connectivity index (χ0n) is 17.8. The second-order valence-electron chi connectivity index (χ2n) is 7.95. The Kier molecular flexibility index (Phi) is 4.59. The van der Waals surface area contributed by atoms with Gasteiger partial charge in [0.05, 0.1) is 5.69 Å². The summed E-state index contributed by atoms with van der Waals surface area (Å²) in [6.07, 6.45) is 0. The maximum atomic E-state index is 13.1. The number of hydrogen-bond donors (Lipinski definition) is 2. The summed E-state index contributed by atoms with van der Waals surface area (Å²) >= 11 is 0. The molecule has 1 atom stereocenters. The van der Waals surface area contributed by atoms with Crippen molar-refractivity contribution in [1.29, 1.82) is 0 Å². The smallest absolute Gasteiger partial charge is 0.325 e. The van der Waals surface area contributed by atoms with Crippen LogP contribution in [0, 0.1) is 0 Å². The number of anilines is 1. The number of para-hydroxylation sites is 1. The Morgan fingerprint density at radius 3 is 2.58 bits per heavy atom. The lowest BCUT2D eigenvalue weighted by atomic mass is 9.99. The first-order valence-corrected chi connectivity index (χ1v) is 10.1. The Hall–Kier alpha value is -4.34. The number of imide groups is 1. The first kappa shape index (κ1) is 20.6. The molecule has 0 unspecified atom stereocenters. The summed E-state index contributed by atoms with van der Waals surface area (Å²) in [4.78, 5) is 51.3. The van der Waals surface area contributed by atoms with Gasteiger partial charge in [0, 0.05) is 17.0 Å². The van der Waals surface area contributed by atoms with Gasteiger partial charge in [-0.15, -0.1) is 0 Å². The van der Waals surface area contributed by atoms with Crippen LogP contribution in [0.1, 0.15) is 30.0 Å². The Bertz CT molecular complexity index is 1310. The number of nitrogens with zero attached hydrogens (tertiary/aromatic N) is 1. The number of ether oxygens (including phenoxy) is 2. The minimum absolute atomic E-state index is 0.00685. The number of amides is 4. The molecule has 10 nitrogen and oxygen atoms in total. The zero-order chi connectivity index (χ0) is 23.3. The van der Waals surface area contributed by atoms with Crippen LogP contribution >= 0.6 is 0 Å². The van der Waals surface area contributed by atoms with Gasteiger partial charge in [-0.05, 0) is 32.0 Å². The SMILES string of the molecule is CC(=O)c1cc2c(cc1NC(=O)CN1C(=O)N[C@](C)(c3cc4ccccc4o3)C1=O)OCO2. The third-order valence-corrected chi connectivity index (χ3v) is 5.66. The lowest BCUT2D eigenvalue weighted by Gasteiger charge is -2.19. The van der Waals surface area contributed by atoms with E-state index in [0.717, 1.165) is 10.3 Å². The monoisotopic (exact) mass is 449 g/mol. The molecule has 33 heavy (non-hydrogen) atoms. The van der Waals surface area contributed by atoms with E-state index in [9.17, 15) is 19.2 Å². The highest BCUT2D eigenvalue weighted by Crippen LogP contribution is 2.37. The van der Waals surface area contributed by atoms with Gasteiger partial charge >= 0.3 is 6.03 Å². The van der Waals surface area contributed by atoms with Crippen LogP contribution < -0.4 is 20.1 Å². The van der Waals surface area contributed by atoms with Crippen molar-refractivity contribution in [2.75, 3.05) is 18.7 Å². The molecule has 0 aliphatic carbocycles. The number of carbonyl (C=O) groups is 4. The molecule has 3 heterocycles. The van der Waals surface area contributed by atoms with Crippen molar-refractivity contribution in [1.82, 2.24) is 10.2 Å². The summed E-state index contributed by atoms with van der Waals surface area (Å²) < 4.78 is 16.4. The molecule has 0 saturated carbocycles. The number of furan rings is 1. The molecule has 1 aromatic heterocycles. The van der Waals surface area contributed by atoms with Crippen molar-refractivity contribution in [3.63, 3.8) is 0 Å². The van der Waals surface area contributed by atoms with Gasteiger partial charge < -0.3 is 24.5 Å². The second-order valence-corrected chi connectivity index (χ2v) is 7.95. The maximum Gasteiger partial charge on any atom is 0.325 e. The van der Waals surface area contributed by atoms with Crippen LogP contribution in [0.5, 0.6) is 11.5 Å². The Morgan fingerprint density at radius 1 is 1.12 bits per heavy atom. The summed E-state index contributed by atoms with van der Waals surface area (Å²) in [7, 11) is 0. The molecule has 2 N–H and O–H groups in total. The highest BCUT2D eigenvalue weighted by Gasteiger charge is 2.51. The van der Waals surface area contributed by atoms with Gasteiger partial charge in [-0.25, -0.2) is 4.79 Å². The number of benzene rings is 2. The molecule has 2 aromatic carbocycles. The van der Waals surface area contributed by atoms with Crippen LogP contribution in [0.4, 0.5) is 10.5 Å². The van der Waals surface area contributed by atoms with Crippen molar-refractivity contribution < 1.29 is 33.1 Å². The van der Waals surface area contributed by atoms with Gasteiger partial charge in [-0.3, -0.25) is 19.3 Å². The van der Waals surface area contributed by atoms with Crippen molar-refractivity contribution in [3.8, 4) is 11.5 Å². The van der Waals surface area contributed by atoms with Crippen LogP contribution in [-0.4, -0.2) is 41.9 Å². The maximum absolute atomic E-state index is 13.1. The Balaban J connectivity index is 1.37.